The zero-order valence-corrected chi connectivity index (χ0v) is 13.3. The summed E-state index contributed by atoms with van der Waals surface area (Å²) in [6.45, 7) is 3.59. The van der Waals surface area contributed by atoms with Gasteiger partial charge in [-0.15, -0.1) is 0 Å². The van der Waals surface area contributed by atoms with Crippen molar-refractivity contribution in [3.05, 3.63) is 28.7 Å². The second-order valence-corrected chi connectivity index (χ2v) is 6.93. The van der Waals surface area contributed by atoms with Crippen molar-refractivity contribution in [1.29, 1.82) is 0 Å². The molecule has 1 aromatic rings. The van der Waals surface area contributed by atoms with Crippen LogP contribution in [0.1, 0.15) is 25.7 Å². The summed E-state index contributed by atoms with van der Waals surface area (Å²) in [7, 11) is 0. The van der Waals surface area contributed by atoms with Gasteiger partial charge in [0.15, 0.2) is 0 Å². The lowest BCUT2D eigenvalue weighted by Crippen LogP contribution is -2.37. The number of ether oxygens (including phenoxy) is 2. The van der Waals surface area contributed by atoms with Gasteiger partial charge in [-0.1, -0.05) is 22.0 Å². The van der Waals surface area contributed by atoms with E-state index >= 15 is 0 Å². The minimum Gasteiger partial charge on any atom is -0.494 e. The van der Waals surface area contributed by atoms with Crippen molar-refractivity contribution in [2.75, 3.05) is 26.4 Å². The molecule has 0 aromatic heterocycles. The molecule has 2 aliphatic rings. The molecule has 0 bridgehead atoms. The quantitative estimate of drug-likeness (QED) is 0.826. The van der Waals surface area contributed by atoms with Crippen molar-refractivity contribution in [2.24, 2.45) is 5.41 Å². The maximum atomic E-state index is 5.88. The molecule has 4 heteroatoms. The maximum absolute atomic E-state index is 5.88. The first-order valence-electron chi connectivity index (χ1n) is 7.45. The van der Waals surface area contributed by atoms with Gasteiger partial charge in [-0.2, -0.15) is 0 Å². The van der Waals surface area contributed by atoms with Crippen LogP contribution >= 0.6 is 15.9 Å². The molecule has 1 saturated carbocycles. The van der Waals surface area contributed by atoms with Crippen molar-refractivity contribution in [1.82, 2.24) is 5.32 Å². The van der Waals surface area contributed by atoms with Crippen molar-refractivity contribution in [3.63, 3.8) is 0 Å². The van der Waals surface area contributed by atoms with E-state index in [1.807, 2.05) is 24.3 Å². The summed E-state index contributed by atoms with van der Waals surface area (Å²) in [5, 5.41) is 3.65. The molecule has 1 aliphatic carbocycles. The summed E-state index contributed by atoms with van der Waals surface area (Å²) >= 11 is 3.47. The van der Waals surface area contributed by atoms with Crippen LogP contribution in [0.5, 0.6) is 5.75 Å². The lowest BCUT2D eigenvalue weighted by Gasteiger charge is -2.27. The van der Waals surface area contributed by atoms with Gasteiger partial charge in [-0.25, -0.2) is 0 Å². The van der Waals surface area contributed by atoms with E-state index in [4.69, 9.17) is 9.47 Å². The summed E-state index contributed by atoms with van der Waals surface area (Å²) in [5.74, 6) is 0.934. The lowest BCUT2D eigenvalue weighted by molar-refractivity contribution is 0.128. The van der Waals surface area contributed by atoms with E-state index in [2.05, 4.69) is 21.2 Å². The summed E-state index contributed by atoms with van der Waals surface area (Å²) in [4.78, 5) is 0. The molecule has 1 saturated heterocycles. The predicted octanol–water partition coefficient (Wildman–Crippen LogP) is 3.38. The van der Waals surface area contributed by atoms with Gasteiger partial charge >= 0.3 is 0 Å². The second kappa shape index (κ2) is 6.46. The highest BCUT2D eigenvalue weighted by Crippen LogP contribution is 2.33. The highest BCUT2D eigenvalue weighted by atomic mass is 79.9. The van der Waals surface area contributed by atoms with E-state index < -0.39 is 0 Å². The van der Waals surface area contributed by atoms with Crippen molar-refractivity contribution in [2.45, 2.75) is 31.7 Å². The van der Waals surface area contributed by atoms with E-state index in [1.54, 1.807) is 0 Å². The van der Waals surface area contributed by atoms with Crippen molar-refractivity contribution in [3.8, 4) is 5.75 Å². The smallest absolute Gasteiger partial charge is 0.120 e. The van der Waals surface area contributed by atoms with E-state index in [0.29, 0.717) is 0 Å². The monoisotopic (exact) mass is 339 g/mol. The molecule has 0 amide bonds. The van der Waals surface area contributed by atoms with Gasteiger partial charge in [-0.05, 0) is 43.9 Å². The third-order valence-corrected chi connectivity index (χ3v) is 4.72. The first-order valence-corrected chi connectivity index (χ1v) is 8.25. The lowest BCUT2D eigenvalue weighted by atomic mass is 9.84. The van der Waals surface area contributed by atoms with E-state index in [0.717, 1.165) is 55.5 Å². The fourth-order valence-corrected chi connectivity index (χ4v) is 3.04. The minimum absolute atomic E-state index is 0.272. The number of benzene rings is 1. The number of rotatable bonds is 7. The van der Waals surface area contributed by atoms with Gasteiger partial charge in [0.1, 0.15) is 5.75 Å². The standard InChI is InChI=1S/C16H22BrNO2/c17-13-2-1-3-15(10-13)20-9-7-16(6-8-19-12-16)11-18-14-4-5-14/h1-3,10,14,18H,4-9,11-12H2. The Morgan fingerprint density at radius 1 is 1.40 bits per heavy atom. The summed E-state index contributed by atoms with van der Waals surface area (Å²) < 4.78 is 12.6. The Hall–Kier alpha value is -0.580. The van der Waals surface area contributed by atoms with Crippen LogP contribution in [0.25, 0.3) is 0 Å². The molecule has 110 valence electrons. The number of hydrogen-bond donors (Lipinski definition) is 1. The molecule has 2 fully saturated rings. The Kier molecular flexibility index (Phi) is 4.64. The Morgan fingerprint density at radius 2 is 2.30 bits per heavy atom. The van der Waals surface area contributed by atoms with Gasteiger partial charge in [0, 0.05) is 29.1 Å². The van der Waals surface area contributed by atoms with Gasteiger partial charge in [0.25, 0.3) is 0 Å². The molecule has 0 spiro atoms. The van der Waals surface area contributed by atoms with Crippen LogP contribution in [0, 0.1) is 5.41 Å². The normalized spacial score (nSPS) is 25.9. The maximum Gasteiger partial charge on any atom is 0.120 e. The molecule has 3 rings (SSSR count). The SMILES string of the molecule is Brc1cccc(OCCC2(CNC3CC3)CCOC2)c1. The molecule has 1 aliphatic heterocycles. The molecule has 1 atom stereocenters. The molecule has 0 radical (unpaired) electrons. The van der Waals surface area contributed by atoms with E-state index in [9.17, 15) is 0 Å². The van der Waals surface area contributed by atoms with Gasteiger partial charge in [-0.3, -0.25) is 0 Å². The number of nitrogens with one attached hydrogen (secondary N) is 1. The summed E-state index contributed by atoms with van der Waals surface area (Å²) in [6, 6.07) is 8.80. The van der Waals surface area contributed by atoms with Gasteiger partial charge in [0.2, 0.25) is 0 Å². The van der Waals surface area contributed by atoms with Crippen LogP contribution in [0.4, 0.5) is 0 Å². The molecule has 1 aromatic carbocycles. The summed E-state index contributed by atoms with van der Waals surface area (Å²) in [5.41, 5.74) is 0.272. The van der Waals surface area contributed by atoms with Crippen LogP contribution in [0.2, 0.25) is 0 Å². The van der Waals surface area contributed by atoms with Crippen LogP contribution in [-0.4, -0.2) is 32.4 Å². The fourth-order valence-electron chi connectivity index (χ4n) is 2.66. The zero-order chi connectivity index (χ0) is 13.8. The number of halogens is 1. The van der Waals surface area contributed by atoms with E-state index in [-0.39, 0.29) is 5.41 Å². The second-order valence-electron chi connectivity index (χ2n) is 6.01. The molecular formula is C16H22BrNO2. The number of hydrogen-bond acceptors (Lipinski definition) is 3. The van der Waals surface area contributed by atoms with Gasteiger partial charge < -0.3 is 14.8 Å². The average molecular weight is 340 g/mol. The largest absolute Gasteiger partial charge is 0.494 e. The fraction of sp³-hybridized carbons (Fsp3) is 0.625. The average Bonchev–Trinajstić information content (AvgIpc) is 3.16. The zero-order valence-electron chi connectivity index (χ0n) is 11.7. The highest BCUT2D eigenvalue weighted by Gasteiger charge is 2.36. The minimum atomic E-state index is 0.272. The first kappa shape index (κ1) is 14.4. The van der Waals surface area contributed by atoms with Crippen molar-refractivity contribution >= 4 is 15.9 Å². The van der Waals surface area contributed by atoms with Crippen molar-refractivity contribution < 1.29 is 9.47 Å². The van der Waals surface area contributed by atoms with Crippen LogP contribution < -0.4 is 10.1 Å². The predicted molar refractivity (Wildman–Crippen MR) is 83.1 cm³/mol. The van der Waals surface area contributed by atoms with Crippen LogP contribution in [0.3, 0.4) is 0 Å². The molecule has 3 nitrogen and oxygen atoms in total. The Bertz CT molecular complexity index is 442. The summed E-state index contributed by atoms with van der Waals surface area (Å²) in [6.07, 6.45) is 4.88. The Morgan fingerprint density at radius 3 is 3.00 bits per heavy atom. The Labute approximate surface area is 129 Å². The third-order valence-electron chi connectivity index (χ3n) is 4.23. The molecular weight excluding hydrogens is 318 g/mol. The van der Waals surface area contributed by atoms with Crippen LogP contribution in [-0.2, 0) is 4.74 Å². The molecule has 1 unspecified atom stereocenters. The van der Waals surface area contributed by atoms with Crippen LogP contribution in [0.15, 0.2) is 28.7 Å². The first-order chi connectivity index (χ1) is 9.76. The topological polar surface area (TPSA) is 30.5 Å². The van der Waals surface area contributed by atoms with E-state index in [1.165, 1.54) is 12.8 Å². The third kappa shape index (κ3) is 3.96. The highest BCUT2D eigenvalue weighted by molar-refractivity contribution is 9.10. The molecule has 20 heavy (non-hydrogen) atoms. The Balaban J connectivity index is 1.48. The van der Waals surface area contributed by atoms with Gasteiger partial charge in [0.05, 0.1) is 13.2 Å². The molecule has 1 heterocycles. The molecule has 1 N–H and O–H groups in total.